The fourth-order valence-corrected chi connectivity index (χ4v) is 1.88. The first kappa shape index (κ1) is 18.1. The summed E-state index contributed by atoms with van der Waals surface area (Å²) in [6.45, 7) is 3.49. The first-order chi connectivity index (χ1) is 9.06. The molecule has 6 heteroatoms. The predicted octanol–water partition coefficient (Wildman–Crippen LogP) is 2.46. The summed E-state index contributed by atoms with van der Waals surface area (Å²) in [5.74, 6) is -0.739. The SMILES string of the molecule is CSC(C)CCNC(=O)NCCCCCCC(=O)O. The van der Waals surface area contributed by atoms with Crippen LogP contribution in [0.25, 0.3) is 0 Å². The van der Waals surface area contributed by atoms with Gasteiger partial charge in [0.15, 0.2) is 0 Å². The Morgan fingerprint density at radius 1 is 1.11 bits per heavy atom. The van der Waals surface area contributed by atoms with E-state index in [0.717, 1.165) is 25.7 Å². The minimum atomic E-state index is -0.739. The van der Waals surface area contributed by atoms with Crippen molar-refractivity contribution in [3.63, 3.8) is 0 Å². The van der Waals surface area contributed by atoms with Gasteiger partial charge in [-0.25, -0.2) is 4.79 Å². The van der Waals surface area contributed by atoms with E-state index in [4.69, 9.17) is 5.11 Å². The number of urea groups is 1. The molecule has 1 unspecified atom stereocenters. The predicted molar refractivity (Wildman–Crippen MR) is 79.7 cm³/mol. The molecule has 0 saturated heterocycles. The quantitative estimate of drug-likeness (QED) is 0.511. The molecular formula is C13H26N2O3S. The fourth-order valence-electron chi connectivity index (χ4n) is 1.53. The van der Waals surface area contributed by atoms with Crippen molar-refractivity contribution in [3.05, 3.63) is 0 Å². The van der Waals surface area contributed by atoms with Gasteiger partial charge in [0.2, 0.25) is 0 Å². The fraction of sp³-hybridized carbons (Fsp3) is 0.846. The molecule has 0 fully saturated rings. The Morgan fingerprint density at radius 2 is 1.74 bits per heavy atom. The third kappa shape index (κ3) is 13.3. The van der Waals surface area contributed by atoms with Crippen LogP contribution < -0.4 is 10.6 Å². The first-order valence-electron chi connectivity index (χ1n) is 6.82. The molecule has 0 aliphatic rings. The van der Waals surface area contributed by atoms with Gasteiger partial charge in [0.1, 0.15) is 0 Å². The highest BCUT2D eigenvalue weighted by Crippen LogP contribution is 2.07. The molecule has 0 aromatic heterocycles. The van der Waals surface area contributed by atoms with Crippen LogP contribution in [-0.4, -0.2) is 41.7 Å². The van der Waals surface area contributed by atoms with Crippen molar-refractivity contribution in [3.8, 4) is 0 Å². The van der Waals surface area contributed by atoms with E-state index in [2.05, 4.69) is 23.8 Å². The number of hydrogen-bond donors (Lipinski definition) is 3. The maximum Gasteiger partial charge on any atom is 0.314 e. The molecule has 0 radical (unpaired) electrons. The lowest BCUT2D eigenvalue weighted by Crippen LogP contribution is -2.37. The van der Waals surface area contributed by atoms with Gasteiger partial charge < -0.3 is 15.7 Å². The van der Waals surface area contributed by atoms with Crippen molar-refractivity contribution in [1.82, 2.24) is 10.6 Å². The number of nitrogens with one attached hydrogen (secondary N) is 2. The van der Waals surface area contributed by atoms with Crippen molar-refractivity contribution in [1.29, 1.82) is 0 Å². The molecule has 0 rings (SSSR count). The number of carboxylic acids is 1. The highest BCUT2D eigenvalue weighted by molar-refractivity contribution is 7.99. The molecule has 0 heterocycles. The first-order valence-corrected chi connectivity index (χ1v) is 8.11. The van der Waals surface area contributed by atoms with Gasteiger partial charge in [-0.15, -0.1) is 0 Å². The van der Waals surface area contributed by atoms with Crippen molar-refractivity contribution in [2.75, 3.05) is 19.3 Å². The summed E-state index contributed by atoms with van der Waals surface area (Å²) in [5.41, 5.74) is 0. The molecule has 0 aliphatic carbocycles. The number of hydrogen-bond acceptors (Lipinski definition) is 3. The van der Waals surface area contributed by atoms with E-state index >= 15 is 0 Å². The topological polar surface area (TPSA) is 78.4 Å². The summed E-state index contributed by atoms with van der Waals surface area (Å²) < 4.78 is 0. The Labute approximate surface area is 119 Å². The van der Waals surface area contributed by atoms with Crippen LogP contribution in [0.1, 0.15) is 45.4 Å². The minimum Gasteiger partial charge on any atom is -0.481 e. The zero-order valence-electron chi connectivity index (χ0n) is 11.9. The molecule has 112 valence electrons. The van der Waals surface area contributed by atoms with E-state index in [0.29, 0.717) is 24.8 Å². The maximum atomic E-state index is 11.4. The van der Waals surface area contributed by atoms with Crippen LogP contribution in [-0.2, 0) is 4.79 Å². The Bertz CT molecular complexity index is 262. The number of thioether (sulfide) groups is 1. The number of unbranched alkanes of at least 4 members (excludes halogenated alkanes) is 3. The molecule has 0 bridgehead atoms. The van der Waals surface area contributed by atoms with Crippen LogP contribution >= 0.6 is 11.8 Å². The van der Waals surface area contributed by atoms with Gasteiger partial charge in [-0.1, -0.05) is 19.8 Å². The minimum absolute atomic E-state index is 0.112. The summed E-state index contributed by atoms with van der Waals surface area (Å²) >= 11 is 1.79. The second-order valence-corrected chi connectivity index (χ2v) is 5.85. The van der Waals surface area contributed by atoms with Gasteiger partial charge in [0.25, 0.3) is 0 Å². The van der Waals surface area contributed by atoms with E-state index in [1.54, 1.807) is 11.8 Å². The number of carbonyl (C=O) groups is 2. The van der Waals surface area contributed by atoms with Gasteiger partial charge in [-0.3, -0.25) is 4.79 Å². The van der Waals surface area contributed by atoms with Gasteiger partial charge in [-0.2, -0.15) is 11.8 Å². The molecule has 1 atom stereocenters. The molecule has 19 heavy (non-hydrogen) atoms. The van der Waals surface area contributed by atoms with E-state index in [9.17, 15) is 9.59 Å². The number of rotatable bonds is 11. The lowest BCUT2D eigenvalue weighted by Gasteiger charge is -2.10. The average Bonchev–Trinajstić information content (AvgIpc) is 2.37. The smallest absolute Gasteiger partial charge is 0.314 e. The van der Waals surface area contributed by atoms with Crippen LogP contribution in [0.2, 0.25) is 0 Å². The normalized spacial score (nSPS) is 11.9. The van der Waals surface area contributed by atoms with Crippen LogP contribution in [0, 0.1) is 0 Å². The molecule has 0 aromatic rings. The average molecular weight is 290 g/mol. The molecule has 0 spiro atoms. The van der Waals surface area contributed by atoms with Crippen molar-refractivity contribution in [2.45, 2.75) is 50.7 Å². The summed E-state index contributed by atoms with van der Waals surface area (Å²) in [4.78, 5) is 21.7. The third-order valence-corrected chi connectivity index (χ3v) is 3.88. The van der Waals surface area contributed by atoms with Gasteiger partial charge >= 0.3 is 12.0 Å². The molecule has 0 aliphatic heterocycles. The van der Waals surface area contributed by atoms with E-state index < -0.39 is 5.97 Å². The number of amides is 2. The summed E-state index contributed by atoms with van der Waals surface area (Å²) in [6.07, 6.45) is 6.75. The van der Waals surface area contributed by atoms with E-state index in [1.807, 2.05) is 0 Å². The lowest BCUT2D eigenvalue weighted by atomic mass is 10.1. The molecule has 0 aromatic carbocycles. The number of carboxylic acid groups (broad SMARTS) is 1. The second kappa shape index (κ2) is 12.1. The van der Waals surface area contributed by atoms with Gasteiger partial charge in [0.05, 0.1) is 0 Å². The van der Waals surface area contributed by atoms with Crippen molar-refractivity contribution in [2.24, 2.45) is 0 Å². The summed E-state index contributed by atoms with van der Waals surface area (Å²) in [6, 6.07) is -0.112. The molecule has 5 nitrogen and oxygen atoms in total. The number of aliphatic carboxylic acids is 1. The lowest BCUT2D eigenvalue weighted by molar-refractivity contribution is -0.137. The Morgan fingerprint density at radius 3 is 2.37 bits per heavy atom. The van der Waals surface area contributed by atoms with Crippen LogP contribution in [0.4, 0.5) is 4.79 Å². The standard InChI is InChI=1S/C13H26N2O3S/c1-11(19-2)8-10-15-13(18)14-9-6-4-3-5-7-12(16)17/h11H,3-10H2,1-2H3,(H,16,17)(H2,14,15,18). The second-order valence-electron chi connectivity index (χ2n) is 4.58. The number of carbonyl (C=O) groups excluding carboxylic acids is 1. The Hall–Kier alpha value is -0.910. The zero-order chi connectivity index (χ0) is 14.5. The van der Waals surface area contributed by atoms with Crippen molar-refractivity contribution < 1.29 is 14.7 Å². The van der Waals surface area contributed by atoms with Crippen LogP contribution in [0.3, 0.4) is 0 Å². The Kier molecular flexibility index (Phi) is 11.6. The van der Waals surface area contributed by atoms with Crippen LogP contribution in [0.15, 0.2) is 0 Å². The highest BCUT2D eigenvalue weighted by atomic mass is 32.2. The largest absolute Gasteiger partial charge is 0.481 e. The Balaban J connectivity index is 3.27. The van der Waals surface area contributed by atoms with Gasteiger partial charge in [-0.05, 0) is 25.5 Å². The molecule has 3 N–H and O–H groups in total. The highest BCUT2D eigenvalue weighted by Gasteiger charge is 2.02. The van der Waals surface area contributed by atoms with Gasteiger partial charge in [0, 0.05) is 24.8 Å². The maximum absolute atomic E-state index is 11.4. The molecule has 0 saturated carbocycles. The molecule has 2 amide bonds. The van der Waals surface area contributed by atoms with Crippen LogP contribution in [0.5, 0.6) is 0 Å². The van der Waals surface area contributed by atoms with E-state index in [-0.39, 0.29) is 12.5 Å². The molecular weight excluding hydrogens is 264 g/mol. The summed E-state index contributed by atoms with van der Waals surface area (Å²) in [5, 5.41) is 14.7. The van der Waals surface area contributed by atoms with E-state index in [1.165, 1.54) is 0 Å². The third-order valence-electron chi connectivity index (χ3n) is 2.84. The van der Waals surface area contributed by atoms with Crippen molar-refractivity contribution >= 4 is 23.8 Å². The monoisotopic (exact) mass is 290 g/mol. The summed E-state index contributed by atoms with van der Waals surface area (Å²) in [7, 11) is 0. The zero-order valence-corrected chi connectivity index (χ0v) is 12.7.